The van der Waals surface area contributed by atoms with E-state index in [1.165, 1.54) is 0 Å². The Morgan fingerprint density at radius 1 is 1.33 bits per heavy atom. The first-order valence-corrected chi connectivity index (χ1v) is 3.54. The van der Waals surface area contributed by atoms with E-state index in [1.54, 1.807) is 24.3 Å². The molecule has 0 spiro atoms. The van der Waals surface area contributed by atoms with Crippen LogP contribution in [-0.4, -0.2) is 14.1 Å². The highest BCUT2D eigenvalue weighted by Gasteiger charge is 2.00. The van der Waals surface area contributed by atoms with Crippen molar-refractivity contribution in [2.75, 3.05) is 0 Å². The van der Waals surface area contributed by atoms with Crippen molar-refractivity contribution in [3.05, 3.63) is 30.0 Å². The summed E-state index contributed by atoms with van der Waals surface area (Å²) in [5.41, 5.74) is 1.35. The van der Waals surface area contributed by atoms with Gasteiger partial charge in [0.15, 0.2) is 12.0 Å². The summed E-state index contributed by atoms with van der Waals surface area (Å²) in [5, 5.41) is 0.858. The zero-order chi connectivity index (χ0) is 8.55. The molecule has 0 N–H and O–H groups in total. The summed E-state index contributed by atoms with van der Waals surface area (Å²) in [7, 11) is 5.54. The van der Waals surface area contributed by atoms with Gasteiger partial charge in [0, 0.05) is 5.39 Å². The Morgan fingerprint density at radius 2 is 2.17 bits per heavy atom. The molecule has 0 fully saturated rings. The summed E-state index contributed by atoms with van der Waals surface area (Å²) in [6.07, 6.45) is 0.677. The molecule has 2 radical (unpaired) electrons. The Bertz CT molecular complexity index is 431. The summed E-state index contributed by atoms with van der Waals surface area (Å²) in [4.78, 5) is 10.3. The van der Waals surface area contributed by atoms with Crippen molar-refractivity contribution in [3.63, 3.8) is 0 Å². The first kappa shape index (κ1) is 7.16. The van der Waals surface area contributed by atoms with Gasteiger partial charge in [-0.05, 0) is 12.1 Å². The standard InChI is InChI=1S/C9H5BO2/c10-7-1-2-9-6(3-7)4-8(5-11)12-9/h1-5H. The minimum absolute atomic E-state index is 0.329. The third kappa shape index (κ3) is 1.03. The molecule has 2 rings (SSSR count). The average Bonchev–Trinajstić information content (AvgIpc) is 2.46. The van der Waals surface area contributed by atoms with Crippen LogP contribution < -0.4 is 5.46 Å². The van der Waals surface area contributed by atoms with Crippen LogP contribution in [-0.2, 0) is 0 Å². The van der Waals surface area contributed by atoms with Crippen molar-refractivity contribution in [1.82, 2.24) is 0 Å². The maximum atomic E-state index is 10.3. The van der Waals surface area contributed by atoms with Gasteiger partial charge in [0.1, 0.15) is 13.4 Å². The number of benzene rings is 1. The van der Waals surface area contributed by atoms with Crippen LogP contribution in [0.2, 0.25) is 0 Å². The van der Waals surface area contributed by atoms with Crippen molar-refractivity contribution in [2.24, 2.45) is 0 Å². The second-order valence-electron chi connectivity index (χ2n) is 2.56. The Morgan fingerprint density at radius 3 is 2.92 bits per heavy atom. The van der Waals surface area contributed by atoms with Crippen LogP contribution in [0.3, 0.4) is 0 Å². The second-order valence-corrected chi connectivity index (χ2v) is 2.56. The summed E-state index contributed by atoms with van der Waals surface area (Å²) in [6.45, 7) is 0. The van der Waals surface area contributed by atoms with Crippen molar-refractivity contribution in [2.45, 2.75) is 0 Å². The van der Waals surface area contributed by atoms with E-state index in [1.807, 2.05) is 0 Å². The van der Waals surface area contributed by atoms with E-state index in [0.29, 0.717) is 23.1 Å². The van der Waals surface area contributed by atoms with Crippen LogP contribution in [0.1, 0.15) is 10.6 Å². The van der Waals surface area contributed by atoms with Crippen LogP contribution in [0, 0.1) is 0 Å². The smallest absolute Gasteiger partial charge is 0.185 e. The van der Waals surface area contributed by atoms with Gasteiger partial charge in [0.05, 0.1) is 0 Å². The number of carbonyl (C=O) groups is 1. The highest BCUT2D eigenvalue weighted by Crippen LogP contribution is 2.15. The molecular formula is C9H5BO2. The van der Waals surface area contributed by atoms with Crippen molar-refractivity contribution >= 4 is 30.6 Å². The number of hydrogen-bond donors (Lipinski definition) is 0. The Hall–Kier alpha value is -1.51. The molecule has 3 heteroatoms. The van der Waals surface area contributed by atoms with Crippen LogP contribution in [0.4, 0.5) is 0 Å². The Labute approximate surface area is 70.6 Å². The predicted molar refractivity (Wildman–Crippen MR) is 47.0 cm³/mol. The van der Waals surface area contributed by atoms with Gasteiger partial charge in [-0.1, -0.05) is 17.6 Å². The molecular weight excluding hydrogens is 151 g/mol. The largest absolute Gasteiger partial charge is 0.453 e. The highest BCUT2D eigenvalue weighted by molar-refractivity contribution is 6.33. The summed E-state index contributed by atoms with van der Waals surface area (Å²) >= 11 is 0. The number of fused-ring (bicyclic) bond motifs is 1. The molecule has 0 aliphatic heterocycles. The van der Waals surface area contributed by atoms with Gasteiger partial charge in [0.2, 0.25) is 0 Å². The second kappa shape index (κ2) is 2.52. The summed E-state index contributed by atoms with van der Waals surface area (Å²) in [6, 6.07) is 6.92. The fourth-order valence-corrected chi connectivity index (χ4v) is 1.14. The van der Waals surface area contributed by atoms with Gasteiger partial charge in [0.25, 0.3) is 0 Å². The Kier molecular flexibility index (Phi) is 1.50. The molecule has 2 aromatic rings. The molecule has 1 aromatic heterocycles. The number of aldehydes is 1. The van der Waals surface area contributed by atoms with E-state index in [0.717, 1.165) is 5.39 Å². The average molecular weight is 156 g/mol. The minimum atomic E-state index is 0.329. The van der Waals surface area contributed by atoms with Crippen molar-refractivity contribution in [3.8, 4) is 0 Å². The van der Waals surface area contributed by atoms with Gasteiger partial charge >= 0.3 is 0 Å². The number of carbonyl (C=O) groups excluding carboxylic acids is 1. The summed E-state index contributed by atoms with van der Waals surface area (Å²) < 4.78 is 5.15. The minimum Gasteiger partial charge on any atom is -0.453 e. The fraction of sp³-hybridized carbons (Fsp3) is 0. The van der Waals surface area contributed by atoms with Crippen molar-refractivity contribution in [1.29, 1.82) is 0 Å². The lowest BCUT2D eigenvalue weighted by Gasteiger charge is -1.89. The molecule has 0 atom stereocenters. The first-order valence-electron chi connectivity index (χ1n) is 3.54. The zero-order valence-electron chi connectivity index (χ0n) is 6.28. The maximum absolute atomic E-state index is 10.3. The SMILES string of the molecule is [B]c1ccc2oc(C=O)cc2c1. The molecule has 0 amide bonds. The van der Waals surface area contributed by atoms with Gasteiger partial charge < -0.3 is 4.42 Å². The molecule has 12 heavy (non-hydrogen) atoms. The molecule has 0 aliphatic carbocycles. The Balaban J connectivity index is 2.75. The van der Waals surface area contributed by atoms with Crippen LogP contribution in [0.15, 0.2) is 28.7 Å². The summed E-state index contributed by atoms with van der Waals surface area (Å²) in [5.74, 6) is 0.329. The van der Waals surface area contributed by atoms with E-state index >= 15 is 0 Å². The lowest BCUT2D eigenvalue weighted by molar-refractivity contribution is 0.110. The predicted octanol–water partition coefficient (Wildman–Crippen LogP) is 1.04. The van der Waals surface area contributed by atoms with E-state index in [-0.39, 0.29) is 0 Å². The molecule has 0 saturated heterocycles. The maximum Gasteiger partial charge on any atom is 0.185 e. The molecule has 0 unspecified atom stereocenters. The lowest BCUT2D eigenvalue weighted by atomic mass is 9.95. The zero-order valence-corrected chi connectivity index (χ0v) is 6.28. The van der Waals surface area contributed by atoms with Crippen LogP contribution in [0.25, 0.3) is 11.0 Å². The lowest BCUT2D eigenvalue weighted by Crippen LogP contribution is -1.98. The van der Waals surface area contributed by atoms with E-state index in [2.05, 4.69) is 0 Å². The molecule has 0 saturated carbocycles. The third-order valence-corrected chi connectivity index (χ3v) is 1.68. The quantitative estimate of drug-likeness (QED) is 0.456. The monoisotopic (exact) mass is 156 g/mol. The number of furan rings is 1. The molecule has 1 heterocycles. The highest BCUT2D eigenvalue weighted by atomic mass is 16.3. The molecule has 2 nitrogen and oxygen atoms in total. The fourth-order valence-electron chi connectivity index (χ4n) is 1.14. The molecule has 0 bridgehead atoms. The third-order valence-electron chi connectivity index (χ3n) is 1.68. The van der Waals surface area contributed by atoms with E-state index in [9.17, 15) is 4.79 Å². The van der Waals surface area contributed by atoms with Gasteiger partial charge in [-0.15, -0.1) is 0 Å². The number of rotatable bonds is 1. The number of hydrogen-bond acceptors (Lipinski definition) is 2. The van der Waals surface area contributed by atoms with Crippen LogP contribution >= 0.6 is 0 Å². The van der Waals surface area contributed by atoms with Gasteiger partial charge in [-0.25, -0.2) is 0 Å². The molecule has 1 aromatic carbocycles. The van der Waals surface area contributed by atoms with E-state index in [4.69, 9.17) is 12.3 Å². The first-order chi connectivity index (χ1) is 5.79. The topological polar surface area (TPSA) is 30.2 Å². The van der Waals surface area contributed by atoms with Crippen LogP contribution in [0.5, 0.6) is 0 Å². The molecule has 0 aliphatic rings. The molecule has 56 valence electrons. The van der Waals surface area contributed by atoms with E-state index < -0.39 is 0 Å². The van der Waals surface area contributed by atoms with Gasteiger partial charge in [-0.3, -0.25) is 4.79 Å². The van der Waals surface area contributed by atoms with Crippen molar-refractivity contribution < 1.29 is 9.21 Å². The van der Waals surface area contributed by atoms with Gasteiger partial charge in [-0.2, -0.15) is 0 Å². The normalized spacial score (nSPS) is 10.3.